The third kappa shape index (κ3) is 8.84. The summed E-state index contributed by atoms with van der Waals surface area (Å²) in [5.74, 6) is 0. The van der Waals surface area contributed by atoms with Crippen molar-refractivity contribution in [3.05, 3.63) is 215 Å². The van der Waals surface area contributed by atoms with Gasteiger partial charge in [-0.15, -0.1) is 0 Å². The van der Waals surface area contributed by atoms with Gasteiger partial charge in [0, 0.05) is 44.3 Å². The molecule has 0 spiro atoms. The van der Waals surface area contributed by atoms with Crippen LogP contribution in [0.15, 0.2) is 182 Å². The molecule has 0 radical (unpaired) electrons. The first-order chi connectivity index (χ1) is 34.1. The van der Waals surface area contributed by atoms with Crippen LogP contribution in [0.3, 0.4) is 0 Å². The highest BCUT2D eigenvalue weighted by atomic mass is 15.2. The van der Waals surface area contributed by atoms with Crippen LogP contribution in [0.1, 0.15) is 116 Å². The van der Waals surface area contributed by atoms with Crippen LogP contribution in [0, 0.1) is 13.8 Å². The molecule has 0 atom stereocenters. The normalized spacial score (nSPS) is 12.6. The zero-order chi connectivity index (χ0) is 51.1. The molecule has 72 heavy (non-hydrogen) atoms. The largest absolute Gasteiger partial charge is 0.309 e. The van der Waals surface area contributed by atoms with E-state index in [0.29, 0.717) is 0 Å². The lowest BCUT2D eigenvalue weighted by Crippen LogP contribution is -2.15. The van der Waals surface area contributed by atoms with Gasteiger partial charge in [-0.2, -0.15) is 0 Å². The van der Waals surface area contributed by atoms with Crippen molar-refractivity contribution in [2.75, 3.05) is 9.80 Å². The van der Waals surface area contributed by atoms with Crippen LogP contribution in [-0.2, 0) is 21.7 Å². The Morgan fingerprint density at radius 1 is 0.250 bits per heavy atom. The van der Waals surface area contributed by atoms with Crippen LogP contribution in [0.2, 0.25) is 0 Å². The Kier molecular flexibility index (Phi) is 12.0. The molecule has 0 aliphatic carbocycles. The summed E-state index contributed by atoms with van der Waals surface area (Å²) in [5.41, 5.74) is 16.7. The number of nitrogens with zero attached hydrogens (tertiary/aromatic N) is 2. The zero-order valence-corrected chi connectivity index (χ0v) is 45.2. The minimum atomic E-state index is -0.105. The second kappa shape index (κ2) is 17.9. The Morgan fingerprint density at radius 2 is 0.514 bits per heavy atom. The van der Waals surface area contributed by atoms with Crippen molar-refractivity contribution in [3.63, 3.8) is 0 Å². The molecule has 0 fully saturated rings. The first-order valence-electron chi connectivity index (χ1n) is 26.0. The summed E-state index contributed by atoms with van der Waals surface area (Å²) < 4.78 is 0. The van der Waals surface area contributed by atoms with Gasteiger partial charge in [0.2, 0.25) is 0 Å². The van der Waals surface area contributed by atoms with Gasteiger partial charge < -0.3 is 9.80 Å². The van der Waals surface area contributed by atoms with Crippen molar-refractivity contribution in [1.82, 2.24) is 0 Å². The number of hydrogen-bond donors (Lipinski definition) is 0. The van der Waals surface area contributed by atoms with Crippen LogP contribution in [0.25, 0.3) is 54.2 Å². The number of aryl methyl sites for hydroxylation is 2. The molecule has 10 rings (SSSR count). The first-order valence-corrected chi connectivity index (χ1v) is 26.0. The fourth-order valence-electron chi connectivity index (χ4n) is 10.7. The van der Waals surface area contributed by atoms with Crippen LogP contribution < -0.4 is 9.80 Å². The molecule has 2 nitrogen and oxygen atoms in total. The van der Waals surface area contributed by atoms with E-state index in [1.807, 2.05) is 0 Å². The minimum absolute atomic E-state index is 0.0962. The van der Waals surface area contributed by atoms with Gasteiger partial charge >= 0.3 is 0 Å². The third-order valence-electron chi connectivity index (χ3n) is 15.0. The molecule has 0 aliphatic heterocycles. The second-order valence-electron chi connectivity index (χ2n) is 24.5. The molecule has 0 aromatic heterocycles. The number of anilines is 6. The minimum Gasteiger partial charge on any atom is -0.309 e. The van der Waals surface area contributed by atoms with Crippen LogP contribution in [-0.4, -0.2) is 0 Å². The van der Waals surface area contributed by atoms with E-state index in [-0.39, 0.29) is 21.7 Å². The predicted molar refractivity (Wildman–Crippen MR) is 316 cm³/mol. The maximum atomic E-state index is 2.54. The lowest BCUT2D eigenvalue weighted by Gasteiger charge is -2.33. The van der Waals surface area contributed by atoms with E-state index in [9.17, 15) is 0 Å². The van der Waals surface area contributed by atoms with Crippen LogP contribution in [0.4, 0.5) is 34.1 Å². The molecule has 0 unspecified atom stereocenters. The number of para-hydroxylation sites is 2. The summed E-state index contributed by atoms with van der Waals surface area (Å²) in [6.45, 7) is 32.5. The highest BCUT2D eigenvalue weighted by Gasteiger charge is 2.31. The van der Waals surface area contributed by atoms with Crippen molar-refractivity contribution in [2.45, 2.75) is 119 Å². The van der Waals surface area contributed by atoms with Crippen molar-refractivity contribution >= 4 is 77.2 Å². The van der Waals surface area contributed by atoms with Crippen LogP contribution >= 0.6 is 0 Å². The SMILES string of the molecule is Cc1ccc(N(c2ccccc2)c2c3ccc(C(C)(C)C)cc3c(-c3c4cc(C(C)(C)C)ccc4c(N(c4ccccc4)c4ccc(C)cc4)c4cc(C(C)(C)C)ccc34)c3ccc(C(C)(C)C)cc23)cc1. The van der Waals surface area contributed by atoms with E-state index >= 15 is 0 Å². The van der Waals surface area contributed by atoms with Gasteiger partial charge in [0.25, 0.3) is 0 Å². The summed E-state index contributed by atoms with van der Waals surface area (Å²) in [6, 6.07) is 69.6. The third-order valence-corrected chi connectivity index (χ3v) is 15.0. The zero-order valence-electron chi connectivity index (χ0n) is 45.2. The molecular weight excluding hydrogens is 869 g/mol. The summed E-state index contributed by atoms with van der Waals surface area (Å²) in [4.78, 5) is 5.03. The van der Waals surface area contributed by atoms with Crippen molar-refractivity contribution in [1.29, 1.82) is 0 Å². The van der Waals surface area contributed by atoms with E-state index < -0.39 is 0 Å². The maximum absolute atomic E-state index is 2.54. The Labute approximate surface area is 430 Å². The summed E-state index contributed by atoms with van der Waals surface area (Å²) in [6.07, 6.45) is 0. The van der Waals surface area contributed by atoms with Crippen LogP contribution in [0.5, 0.6) is 0 Å². The van der Waals surface area contributed by atoms with Gasteiger partial charge in [-0.1, -0.05) is 203 Å². The fraction of sp³-hybridized carbons (Fsp3) is 0.257. The van der Waals surface area contributed by atoms with E-state index in [4.69, 9.17) is 0 Å². The highest BCUT2D eigenvalue weighted by molar-refractivity contribution is 6.31. The number of fused-ring (bicyclic) bond motifs is 4. The van der Waals surface area contributed by atoms with Crippen molar-refractivity contribution < 1.29 is 0 Å². The van der Waals surface area contributed by atoms with Gasteiger partial charge in [0.15, 0.2) is 0 Å². The van der Waals surface area contributed by atoms with Gasteiger partial charge in [0.1, 0.15) is 0 Å². The molecule has 0 heterocycles. The molecule has 2 heteroatoms. The first kappa shape index (κ1) is 48.5. The summed E-state index contributed by atoms with van der Waals surface area (Å²) in [7, 11) is 0. The van der Waals surface area contributed by atoms with Gasteiger partial charge in [-0.05, 0) is 163 Å². The van der Waals surface area contributed by atoms with Gasteiger partial charge in [-0.25, -0.2) is 0 Å². The highest BCUT2D eigenvalue weighted by Crippen LogP contribution is 2.55. The predicted octanol–water partition coefficient (Wildman–Crippen LogP) is 20.7. The smallest absolute Gasteiger partial charge is 0.0618 e. The standard InChI is InChI=1S/C70H72N2/c1-45-25-33-53(34-26-45)71(51-21-17-15-18-22-51)65-57-39-31-47(67(3,4)5)41-59(57)63(55-37-29-49(43-61(55)65)69(9,10)11)64-56-38-30-50(70(12,13)14)44-62(56)66(58-40-32-48(42-60(58)64)68(6,7)8)72(52-23-19-16-20-24-52)54-35-27-46(2)28-36-54/h15-44H,1-14H3. The molecule has 0 N–H and O–H groups in total. The Morgan fingerprint density at radius 3 is 0.806 bits per heavy atom. The Balaban J connectivity index is 1.48. The second-order valence-corrected chi connectivity index (χ2v) is 24.5. The molecular formula is C70H72N2. The van der Waals surface area contributed by atoms with E-state index in [1.54, 1.807) is 0 Å². The van der Waals surface area contributed by atoms with E-state index in [2.05, 4.69) is 289 Å². The molecule has 0 saturated carbocycles. The number of hydrogen-bond acceptors (Lipinski definition) is 2. The molecule has 0 bridgehead atoms. The topological polar surface area (TPSA) is 6.48 Å². The fourth-order valence-corrected chi connectivity index (χ4v) is 10.7. The molecule has 0 saturated heterocycles. The average Bonchev–Trinajstić information content (AvgIpc) is 3.34. The Hall–Kier alpha value is -7.16. The van der Waals surface area contributed by atoms with Gasteiger partial charge in [-0.3, -0.25) is 0 Å². The molecule has 0 amide bonds. The lowest BCUT2D eigenvalue weighted by atomic mass is 9.78. The molecule has 10 aromatic rings. The average molecular weight is 941 g/mol. The molecule has 10 aromatic carbocycles. The van der Waals surface area contributed by atoms with Crippen molar-refractivity contribution in [3.8, 4) is 11.1 Å². The Bertz CT molecular complexity index is 3400. The lowest BCUT2D eigenvalue weighted by molar-refractivity contribution is 0.590. The molecule has 0 aliphatic rings. The summed E-state index contributed by atoms with van der Waals surface area (Å²) >= 11 is 0. The van der Waals surface area contributed by atoms with E-state index in [1.165, 1.54) is 99.0 Å². The monoisotopic (exact) mass is 941 g/mol. The molecule has 362 valence electrons. The van der Waals surface area contributed by atoms with Crippen molar-refractivity contribution in [2.24, 2.45) is 0 Å². The number of rotatable bonds is 7. The quantitative estimate of drug-likeness (QED) is 0.147. The van der Waals surface area contributed by atoms with E-state index in [0.717, 1.165) is 22.7 Å². The van der Waals surface area contributed by atoms with Gasteiger partial charge in [0.05, 0.1) is 11.4 Å². The maximum Gasteiger partial charge on any atom is 0.0618 e. The summed E-state index contributed by atoms with van der Waals surface area (Å²) in [5, 5.41) is 9.86. The number of benzene rings is 10.